The molecule has 0 aromatic heterocycles. The lowest BCUT2D eigenvalue weighted by atomic mass is 9.72. The second-order valence-corrected chi connectivity index (χ2v) is 13.7. The van der Waals surface area contributed by atoms with Gasteiger partial charge in [0.1, 0.15) is 0 Å². The Hall–Kier alpha value is -4.82. The van der Waals surface area contributed by atoms with Crippen molar-refractivity contribution in [2.24, 2.45) is 0 Å². The molecule has 3 unspecified atom stereocenters. The van der Waals surface area contributed by atoms with Crippen molar-refractivity contribution in [2.75, 3.05) is 9.80 Å². The highest BCUT2D eigenvalue weighted by Gasteiger charge is 2.59. The van der Waals surface area contributed by atoms with E-state index in [1.165, 1.54) is 81.0 Å². The number of para-hydroxylation sites is 1. The maximum absolute atomic E-state index is 2.67. The van der Waals surface area contributed by atoms with Crippen LogP contribution in [0.4, 0.5) is 22.7 Å². The minimum Gasteiger partial charge on any atom is -0.334 e. The van der Waals surface area contributed by atoms with E-state index in [-0.39, 0.29) is 11.0 Å². The summed E-state index contributed by atoms with van der Waals surface area (Å²) in [6.45, 7) is 4.99. The van der Waals surface area contributed by atoms with Gasteiger partial charge in [0.15, 0.2) is 0 Å². The van der Waals surface area contributed by atoms with E-state index in [4.69, 9.17) is 0 Å². The van der Waals surface area contributed by atoms with Gasteiger partial charge in [0.2, 0.25) is 0 Å². The number of rotatable bonds is 4. The van der Waals surface area contributed by atoms with Crippen LogP contribution >= 0.6 is 0 Å². The smallest absolute Gasteiger partial charge is 0.0632 e. The summed E-state index contributed by atoms with van der Waals surface area (Å²) in [5.74, 6) is 0. The Kier molecular flexibility index (Phi) is 5.81. The molecule has 0 bridgehead atoms. The van der Waals surface area contributed by atoms with Gasteiger partial charge in [-0.2, -0.15) is 0 Å². The first-order valence-electron chi connectivity index (χ1n) is 16.5. The summed E-state index contributed by atoms with van der Waals surface area (Å²) in [6.07, 6.45) is 11.5. The largest absolute Gasteiger partial charge is 0.334 e. The van der Waals surface area contributed by atoms with Crippen LogP contribution in [-0.4, -0.2) is 11.6 Å². The molecular formula is C43H38N2. The van der Waals surface area contributed by atoms with E-state index in [1.807, 2.05) is 0 Å². The second kappa shape index (κ2) is 9.84. The van der Waals surface area contributed by atoms with Crippen LogP contribution < -0.4 is 9.80 Å². The molecule has 0 amide bonds. The number of benzene rings is 5. The maximum atomic E-state index is 2.67. The molecule has 0 N–H and O–H groups in total. The van der Waals surface area contributed by atoms with Crippen molar-refractivity contribution < 1.29 is 0 Å². The minimum absolute atomic E-state index is 0.0570. The number of allylic oxidation sites excluding steroid dienone is 2. The summed E-state index contributed by atoms with van der Waals surface area (Å²) < 4.78 is 0. The number of nitrogens with zero attached hydrogens (tertiary/aromatic N) is 2. The average molecular weight is 583 g/mol. The maximum Gasteiger partial charge on any atom is 0.0632 e. The first-order chi connectivity index (χ1) is 22.0. The summed E-state index contributed by atoms with van der Waals surface area (Å²) in [7, 11) is 0. The van der Waals surface area contributed by atoms with Crippen molar-refractivity contribution in [3.8, 4) is 22.3 Å². The quantitative estimate of drug-likeness (QED) is 0.208. The zero-order valence-electron chi connectivity index (χ0n) is 26.1. The molecule has 45 heavy (non-hydrogen) atoms. The van der Waals surface area contributed by atoms with E-state index in [0.29, 0.717) is 6.04 Å². The Balaban J connectivity index is 1.05. The molecule has 3 atom stereocenters. The van der Waals surface area contributed by atoms with Gasteiger partial charge in [0.25, 0.3) is 0 Å². The lowest BCUT2D eigenvalue weighted by Gasteiger charge is -2.42. The van der Waals surface area contributed by atoms with Crippen LogP contribution in [0, 0.1) is 0 Å². The Morgan fingerprint density at radius 2 is 1.29 bits per heavy atom. The number of hydrogen-bond donors (Lipinski definition) is 0. The van der Waals surface area contributed by atoms with Crippen molar-refractivity contribution >= 4 is 28.3 Å². The summed E-state index contributed by atoms with van der Waals surface area (Å²) in [5, 5.41) is 0. The molecule has 0 saturated heterocycles. The predicted octanol–water partition coefficient (Wildman–Crippen LogP) is 11.2. The van der Waals surface area contributed by atoms with Gasteiger partial charge in [-0.3, -0.25) is 0 Å². The van der Waals surface area contributed by atoms with Crippen LogP contribution in [0.15, 0.2) is 140 Å². The van der Waals surface area contributed by atoms with Gasteiger partial charge in [-0.25, -0.2) is 0 Å². The zero-order valence-corrected chi connectivity index (χ0v) is 26.1. The molecule has 1 fully saturated rings. The molecule has 2 nitrogen and oxygen atoms in total. The average Bonchev–Trinajstić information content (AvgIpc) is 3.65. The van der Waals surface area contributed by atoms with E-state index in [1.54, 1.807) is 0 Å². The fourth-order valence-electron chi connectivity index (χ4n) is 8.96. The number of hydrogen-bond acceptors (Lipinski definition) is 2. The topological polar surface area (TPSA) is 6.48 Å². The van der Waals surface area contributed by atoms with Gasteiger partial charge >= 0.3 is 0 Å². The minimum atomic E-state index is 0.0570. The van der Waals surface area contributed by atoms with Crippen LogP contribution in [0.3, 0.4) is 0 Å². The van der Waals surface area contributed by atoms with Gasteiger partial charge in [0.05, 0.1) is 11.6 Å². The van der Waals surface area contributed by atoms with Crippen LogP contribution in [0.5, 0.6) is 0 Å². The van der Waals surface area contributed by atoms with Crippen molar-refractivity contribution in [1.82, 2.24) is 0 Å². The molecule has 2 heteroatoms. The van der Waals surface area contributed by atoms with E-state index in [0.717, 1.165) is 6.42 Å². The molecular weight excluding hydrogens is 544 g/mol. The van der Waals surface area contributed by atoms with Crippen molar-refractivity contribution in [3.63, 3.8) is 0 Å². The molecule has 5 aromatic rings. The van der Waals surface area contributed by atoms with Crippen molar-refractivity contribution in [1.29, 1.82) is 0 Å². The molecule has 1 saturated carbocycles. The first kappa shape index (κ1) is 26.6. The Morgan fingerprint density at radius 1 is 0.622 bits per heavy atom. The number of anilines is 4. The van der Waals surface area contributed by atoms with Gasteiger partial charge in [0, 0.05) is 33.7 Å². The highest BCUT2D eigenvalue weighted by atomic mass is 15.3. The van der Waals surface area contributed by atoms with E-state index >= 15 is 0 Å². The van der Waals surface area contributed by atoms with Gasteiger partial charge in [-0.15, -0.1) is 0 Å². The molecule has 9 rings (SSSR count). The van der Waals surface area contributed by atoms with Crippen LogP contribution in [0.2, 0.25) is 0 Å². The molecule has 5 aromatic carbocycles. The predicted molar refractivity (Wildman–Crippen MR) is 190 cm³/mol. The summed E-state index contributed by atoms with van der Waals surface area (Å²) in [4.78, 5) is 5.19. The van der Waals surface area contributed by atoms with E-state index in [2.05, 4.69) is 163 Å². The Bertz CT molecular complexity index is 1980. The third kappa shape index (κ3) is 3.81. The van der Waals surface area contributed by atoms with E-state index < -0.39 is 0 Å². The molecule has 2 aliphatic heterocycles. The lowest BCUT2D eigenvalue weighted by molar-refractivity contribution is 0.330. The first-order valence-corrected chi connectivity index (χ1v) is 16.5. The fourth-order valence-corrected chi connectivity index (χ4v) is 8.96. The zero-order chi connectivity index (χ0) is 30.2. The van der Waals surface area contributed by atoms with Crippen molar-refractivity contribution in [2.45, 2.75) is 56.5 Å². The monoisotopic (exact) mass is 582 g/mol. The summed E-state index contributed by atoms with van der Waals surface area (Å²) >= 11 is 0. The summed E-state index contributed by atoms with van der Waals surface area (Å²) in [5.41, 5.74) is 14.8. The fraction of sp³-hybridized carbons (Fsp3) is 0.209. The molecule has 220 valence electrons. The van der Waals surface area contributed by atoms with Crippen LogP contribution in [-0.2, 0) is 5.41 Å². The van der Waals surface area contributed by atoms with Crippen LogP contribution in [0.1, 0.15) is 50.7 Å². The molecule has 0 spiro atoms. The third-order valence-corrected chi connectivity index (χ3v) is 11.5. The molecule has 4 aliphatic rings. The highest BCUT2D eigenvalue weighted by molar-refractivity contribution is 5.93. The summed E-state index contributed by atoms with van der Waals surface area (Å²) in [6, 6.07) is 45.7. The molecule has 2 aliphatic carbocycles. The lowest BCUT2D eigenvalue weighted by Crippen LogP contribution is -2.48. The standard InChI is InChI=1S/C43H38N2/c1-42-27-10-28-43(42,2)45(41-29-33(21-26-38(41)42)30-11-4-3-5-12-30)35-24-19-32(20-25-35)31-17-22-34(23-18-31)44-39-15-8-6-13-36(39)37-14-7-9-16-40(37)44/h3-9,11-15,17-26,29,40H,10,16,27-28H2,1-2H3. The highest BCUT2D eigenvalue weighted by Crippen LogP contribution is 2.62. The third-order valence-electron chi connectivity index (χ3n) is 11.5. The Labute approximate surface area is 267 Å². The molecule has 2 heterocycles. The van der Waals surface area contributed by atoms with Gasteiger partial charge < -0.3 is 9.80 Å². The van der Waals surface area contributed by atoms with Crippen molar-refractivity contribution in [3.05, 3.63) is 151 Å². The SMILES string of the molecule is CC12CCCC1(C)N(c1ccc(-c3ccc(N4c5ccccc5C5=CC=CCC54)cc3)cc1)c1cc(-c3ccccc3)ccc12. The van der Waals surface area contributed by atoms with Crippen LogP contribution in [0.25, 0.3) is 27.8 Å². The normalized spacial score (nSPS) is 24.2. The van der Waals surface area contributed by atoms with E-state index in [9.17, 15) is 0 Å². The van der Waals surface area contributed by atoms with Gasteiger partial charge in [-0.1, -0.05) is 117 Å². The Morgan fingerprint density at radius 3 is 2.07 bits per heavy atom. The number of fused-ring (bicyclic) bond motifs is 6. The van der Waals surface area contributed by atoms with Gasteiger partial charge in [-0.05, 0) is 96.0 Å². The molecule has 0 radical (unpaired) electrons. The second-order valence-electron chi connectivity index (χ2n) is 13.7.